The van der Waals surface area contributed by atoms with Gasteiger partial charge in [-0.05, 0) is 48.6 Å². The lowest BCUT2D eigenvalue weighted by atomic mass is 9.75. The van der Waals surface area contributed by atoms with E-state index in [1.165, 1.54) is 11.1 Å². The van der Waals surface area contributed by atoms with Gasteiger partial charge in [0.15, 0.2) is 11.5 Å². The van der Waals surface area contributed by atoms with E-state index >= 15 is 0 Å². The first-order valence-corrected chi connectivity index (χ1v) is 8.53. The second-order valence-electron chi connectivity index (χ2n) is 7.29. The van der Waals surface area contributed by atoms with Crippen LogP contribution in [0.15, 0.2) is 34.9 Å². The van der Waals surface area contributed by atoms with Gasteiger partial charge in [0.05, 0.1) is 20.5 Å². The van der Waals surface area contributed by atoms with Crippen molar-refractivity contribution in [2.45, 2.75) is 39.2 Å². The summed E-state index contributed by atoms with van der Waals surface area (Å²) in [4.78, 5) is 0. The fourth-order valence-electron chi connectivity index (χ4n) is 3.58. The van der Waals surface area contributed by atoms with Gasteiger partial charge >= 0.3 is 0 Å². The zero-order valence-electron chi connectivity index (χ0n) is 15.0. The van der Waals surface area contributed by atoms with Crippen LogP contribution in [0.5, 0.6) is 11.5 Å². The zero-order chi connectivity index (χ0) is 17.2. The van der Waals surface area contributed by atoms with E-state index in [0.717, 1.165) is 43.1 Å². The zero-order valence-corrected chi connectivity index (χ0v) is 15.0. The molecule has 1 aromatic heterocycles. The van der Waals surface area contributed by atoms with Crippen molar-refractivity contribution in [2.75, 3.05) is 20.8 Å². The van der Waals surface area contributed by atoms with Crippen LogP contribution >= 0.6 is 0 Å². The topological polar surface area (TPSA) is 43.6 Å². The summed E-state index contributed by atoms with van der Waals surface area (Å²) in [6.07, 6.45) is 4.91. The molecule has 0 aliphatic heterocycles. The summed E-state index contributed by atoms with van der Waals surface area (Å²) in [6, 6.07) is 8.58. The molecule has 0 fully saturated rings. The van der Waals surface area contributed by atoms with Crippen molar-refractivity contribution in [1.29, 1.82) is 0 Å². The first-order valence-electron chi connectivity index (χ1n) is 8.53. The Morgan fingerprint density at radius 3 is 2.71 bits per heavy atom. The van der Waals surface area contributed by atoms with Gasteiger partial charge in [0.2, 0.25) is 0 Å². The number of methoxy groups -OCH3 is 2. The third-order valence-corrected chi connectivity index (χ3v) is 4.80. The molecule has 0 spiro atoms. The normalized spacial score (nSPS) is 18.9. The van der Waals surface area contributed by atoms with Crippen molar-refractivity contribution in [3.05, 3.63) is 47.4 Å². The molecule has 1 aliphatic rings. The molecule has 4 heteroatoms. The maximum atomic E-state index is 5.67. The minimum atomic E-state index is 0.270. The highest BCUT2D eigenvalue weighted by molar-refractivity contribution is 5.43. The van der Waals surface area contributed by atoms with Crippen LogP contribution in [-0.4, -0.2) is 20.8 Å². The highest BCUT2D eigenvalue weighted by Crippen LogP contribution is 2.41. The number of furan rings is 1. The minimum Gasteiger partial charge on any atom is -0.493 e. The molecule has 0 amide bonds. The summed E-state index contributed by atoms with van der Waals surface area (Å²) >= 11 is 0. The number of ether oxygens (including phenoxy) is 2. The van der Waals surface area contributed by atoms with E-state index in [4.69, 9.17) is 13.9 Å². The Labute approximate surface area is 144 Å². The molecule has 130 valence electrons. The molecule has 1 heterocycles. The van der Waals surface area contributed by atoms with Gasteiger partial charge in [-0.15, -0.1) is 0 Å². The average molecular weight is 329 g/mol. The van der Waals surface area contributed by atoms with Crippen LogP contribution in [-0.2, 0) is 12.8 Å². The molecule has 1 atom stereocenters. The van der Waals surface area contributed by atoms with Gasteiger partial charge in [-0.1, -0.05) is 19.9 Å². The third-order valence-electron chi connectivity index (χ3n) is 4.80. The molecular weight excluding hydrogens is 302 g/mol. The third kappa shape index (κ3) is 3.59. The van der Waals surface area contributed by atoms with Crippen molar-refractivity contribution in [3.63, 3.8) is 0 Å². The van der Waals surface area contributed by atoms with Gasteiger partial charge in [0.1, 0.15) is 5.76 Å². The van der Waals surface area contributed by atoms with Crippen molar-refractivity contribution in [3.8, 4) is 11.5 Å². The summed E-state index contributed by atoms with van der Waals surface area (Å²) in [5.74, 6) is 2.69. The second kappa shape index (κ2) is 6.89. The standard InChI is InChI=1S/C20H27NO3/c1-20(2)12-16(15-8-10-24-19(15)13-20)21-9-7-14-5-6-17(22-3)18(11-14)23-4/h5-6,8,10-11,16,21H,7,9,12-13H2,1-4H3/t16-/m1/s1. The molecule has 3 rings (SSSR count). The highest BCUT2D eigenvalue weighted by atomic mass is 16.5. The van der Waals surface area contributed by atoms with Crippen LogP contribution in [0, 0.1) is 5.41 Å². The van der Waals surface area contributed by atoms with Gasteiger partial charge in [-0.25, -0.2) is 0 Å². The average Bonchev–Trinajstić information content (AvgIpc) is 3.01. The van der Waals surface area contributed by atoms with Gasteiger partial charge in [0, 0.05) is 18.0 Å². The molecule has 0 radical (unpaired) electrons. The first-order chi connectivity index (χ1) is 11.5. The molecule has 2 aromatic rings. The maximum absolute atomic E-state index is 5.67. The Morgan fingerprint density at radius 2 is 1.96 bits per heavy atom. The number of rotatable bonds is 6. The lowest BCUT2D eigenvalue weighted by Crippen LogP contribution is -2.33. The number of benzene rings is 1. The Kier molecular flexibility index (Phi) is 4.86. The lowest BCUT2D eigenvalue weighted by molar-refractivity contribution is 0.236. The van der Waals surface area contributed by atoms with Gasteiger partial charge in [-0.3, -0.25) is 0 Å². The fourth-order valence-corrected chi connectivity index (χ4v) is 3.58. The molecule has 1 aromatic carbocycles. The number of hydrogen-bond donors (Lipinski definition) is 1. The second-order valence-corrected chi connectivity index (χ2v) is 7.29. The van der Waals surface area contributed by atoms with Crippen LogP contribution < -0.4 is 14.8 Å². The summed E-state index contributed by atoms with van der Waals surface area (Å²) in [7, 11) is 3.33. The van der Waals surface area contributed by atoms with Crippen molar-refractivity contribution < 1.29 is 13.9 Å². The predicted molar refractivity (Wildman–Crippen MR) is 94.8 cm³/mol. The minimum absolute atomic E-state index is 0.270. The molecule has 0 unspecified atom stereocenters. The molecule has 0 saturated carbocycles. The molecule has 4 nitrogen and oxygen atoms in total. The first kappa shape index (κ1) is 16.9. The number of hydrogen-bond acceptors (Lipinski definition) is 4. The summed E-state index contributed by atoms with van der Waals surface area (Å²) < 4.78 is 16.3. The van der Waals surface area contributed by atoms with E-state index in [1.54, 1.807) is 14.2 Å². The van der Waals surface area contributed by atoms with Crippen LogP contribution in [0.2, 0.25) is 0 Å². The summed E-state index contributed by atoms with van der Waals surface area (Å²) in [6.45, 7) is 5.53. The Hall–Kier alpha value is -1.94. The molecule has 0 bridgehead atoms. The SMILES string of the molecule is COc1ccc(CCN[C@@H]2CC(C)(C)Cc3occc32)cc1OC. The predicted octanol–water partition coefficient (Wildman–Crippen LogP) is 4.14. The van der Waals surface area contributed by atoms with E-state index < -0.39 is 0 Å². The van der Waals surface area contributed by atoms with Crippen LogP contribution in [0.3, 0.4) is 0 Å². The highest BCUT2D eigenvalue weighted by Gasteiger charge is 2.33. The lowest BCUT2D eigenvalue weighted by Gasteiger charge is -2.35. The van der Waals surface area contributed by atoms with Gasteiger partial charge in [0.25, 0.3) is 0 Å². The Balaban J connectivity index is 1.63. The quantitative estimate of drug-likeness (QED) is 0.865. The van der Waals surface area contributed by atoms with E-state index in [9.17, 15) is 0 Å². The van der Waals surface area contributed by atoms with Gasteiger partial charge in [-0.2, -0.15) is 0 Å². The summed E-state index contributed by atoms with van der Waals surface area (Å²) in [5.41, 5.74) is 2.83. The molecule has 1 aliphatic carbocycles. The number of nitrogens with one attached hydrogen (secondary N) is 1. The van der Waals surface area contributed by atoms with E-state index in [2.05, 4.69) is 37.4 Å². The fraction of sp³-hybridized carbons (Fsp3) is 0.500. The van der Waals surface area contributed by atoms with Crippen molar-refractivity contribution >= 4 is 0 Å². The van der Waals surface area contributed by atoms with Crippen LogP contribution in [0.25, 0.3) is 0 Å². The van der Waals surface area contributed by atoms with Crippen molar-refractivity contribution in [1.82, 2.24) is 5.32 Å². The van der Waals surface area contributed by atoms with Crippen molar-refractivity contribution in [2.24, 2.45) is 5.41 Å². The van der Waals surface area contributed by atoms with Gasteiger partial charge < -0.3 is 19.2 Å². The monoisotopic (exact) mass is 329 g/mol. The van der Waals surface area contributed by atoms with Crippen LogP contribution in [0.1, 0.15) is 43.2 Å². The number of fused-ring (bicyclic) bond motifs is 1. The maximum Gasteiger partial charge on any atom is 0.160 e. The van der Waals surface area contributed by atoms with E-state index in [0.29, 0.717) is 6.04 Å². The Bertz CT molecular complexity index is 690. The largest absolute Gasteiger partial charge is 0.493 e. The van der Waals surface area contributed by atoms with Crippen LogP contribution in [0.4, 0.5) is 0 Å². The molecule has 24 heavy (non-hydrogen) atoms. The van der Waals surface area contributed by atoms with E-state index in [1.807, 2.05) is 12.3 Å². The molecule has 0 saturated heterocycles. The smallest absolute Gasteiger partial charge is 0.160 e. The summed E-state index contributed by atoms with van der Waals surface area (Å²) in [5, 5.41) is 3.70. The van der Waals surface area contributed by atoms with E-state index in [-0.39, 0.29) is 5.41 Å². The Morgan fingerprint density at radius 1 is 1.17 bits per heavy atom. The molecular formula is C20H27NO3. The molecule has 1 N–H and O–H groups in total.